The number of amides is 1. The smallest absolute Gasteiger partial charge is 0.225 e. The van der Waals surface area contributed by atoms with E-state index in [4.69, 9.17) is 0 Å². The van der Waals surface area contributed by atoms with Crippen LogP contribution >= 0.6 is 0 Å². The average molecular weight is 364 g/mol. The molecule has 1 aromatic heterocycles. The molecule has 1 amide bonds. The first-order valence-corrected chi connectivity index (χ1v) is 9.89. The van der Waals surface area contributed by atoms with E-state index in [1.807, 2.05) is 10.7 Å². The number of carbonyl (C=O) groups excluding carboxylic acids is 1. The molecule has 7 nitrogen and oxygen atoms in total. The first kappa shape index (κ1) is 19.3. The zero-order chi connectivity index (χ0) is 18.7. The molecule has 7 heteroatoms. The predicted molar refractivity (Wildman–Crippen MR) is 101 cm³/mol. The number of aliphatic hydroxyl groups excluding tert-OH is 1. The fraction of sp³-hybridized carbons (Fsp3) is 0.789. The van der Waals surface area contributed by atoms with Gasteiger partial charge in [0.05, 0.1) is 24.4 Å². The molecule has 0 aliphatic carbocycles. The molecule has 0 unspecified atom stereocenters. The molecular formula is C19H33N5O2. The molecule has 0 radical (unpaired) electrons. The van der Waals surface area contributed by atoms with Crippen LogP contribution in [0.2, 0.25) is 0 Å². The van der Waals surface area contributed by atoms with E-state index in [1.165, 1.54) is 43.8 Å². The number of aromatic nitrogens is 2. The van der Waals surface area contributed by atoms with Crippen molar-refractivity contribution in [1.82, 2.24) is 24.5 Å². The minimum atomic E-state index is -0.825. The summed E-state index contributed by atoms with van der Waals surface area (Å²) in [6.07, 6.45) is 2.97. The molecule has 1 aromatic rings. The van der Waals surface area contributed by atoms with Gasteiger partial charge in [-0.25, -0.2) is 0 Å². The predicted octanol–water partition coefficient (Wildman–Crippen LogP) is 1.08. The summed E-state index contributed by atoms with van der Waals surface area (Å²) in [5.41, 5.74) is 1.77. The van der Waals surface area contributed by atoms with Gasteiger partial charge in [-0.3, -0.25) is 14.4 Å². The van der Waals surface area contributed by atoms with Crippen molar-refractivity contribution in [1.29, 1.82) is 0 Å². The minimum Gasteiger partial charge on any atom is -0.386 e. The van der Waals surface area contributed by atoms with Crippen LogP contribution in [0.4, 0.5) is 0 Å². The molecule has 1 fully saturated rings. The van der Waals surface area contributed by atoms with Crippen molar-refractivity contribution in [2.45, 2.75) is 57.8 Å². The van der Waals surface area contributed by atoms with Gasteiger partial charge in [0, 0.05) is 33.2 Å². The maximum atomic E-state index is 11.8. The lowest BCUT2D eigenvalue weighted by Gasteiger charge is -2.40. The van der Waals surface area contributed by atoms with E-state index < -0.39 is 6.10 Å². The third-order valence-electron chi connectivity index (χ3n) is 5.67. The number of fused-ring (bicyclic) bond motifs is 1. The Labute approximate surface area is 156 Å². The van der Waals surface area contributed by atoms with E-state index in [2.05, 4.69) is 21.8 Å². The van der Waals surface area contributed by atoms with Gasteiger partial charge < -0.3 is 14.9 Å². The molecule has 0 saturated carbocycles. The van der Waals surface area contributed by atoms with Crippen molar-refractivity contribution in [3.63, 3.8) is 0 Å². The van der Waals surface area contributed by atoms with Crippen molar-refractivity contribution in [3.05, 3.63) is 17.5 Å². The topological polar surface area (TPSA) is 64.8 Å². The lowest BCUT2D eigenvalue weighted by atomic mass is 10.0. The maximum Gasteiger partial charge on any atom is 0.225 e. The maximum absolute atomic E-state index is 11.8. The summed E-state index contributed by atoms with van der Waals surface area (Å²) in [5, 5.41) is 14.9. The number of piperidine rings is 1. The number of nitrogens with zero attached hydrogens (tertiary/aromatic N) is 5. The number of aliphatic hydroxyl groups is 1. The second-order valence-electron chi connectivity index (χ2n) is 7.84. The zero-order valence-corrected chi connectivity index (χ0v) is 16.4. The van der Waals surface area contributed by atoms with E-state index in [1.54, 1.807) is 14.1 Å². The van der Waals surface area contributed by atoms with Crippen LogP contribution in [0.5, 0.6) is 0 Å². The molecule has 3 heterocycles. The molecule has 1 saturated heterocycles. The molecule has 146 valence electrons. The highest BCUT2D eigenvalue weighted by Gasteiger charge is 2.29. The Bertz CT molecular complexity index is 607. The normalized spacial score (nSPS) is 20.8. The number of hydrogen-bond donors (Lipinski definition) is 1. The van der Waals surface area contributed by atoms with Crippen molar-refractivity contribution in [2.75, 3.05) is 40.3 Å². The Hall–Kier alpha value is -1.44. The van der Waals surface area contributed by atoms with Gasteiger partial charge in [-0.1, -0.05) is 6.92 Å². The van der Waals surface area contributed by atoms with Gasteiger partial charge in [0.1, 0.15) is 6.10 Å². The van der Waals surface area contributed by atoms with Gasteiger partial charge in [-0.2, -0.15) is 5.10 Å². The third kappa shape index (κ3) is 4.45. The summed E-state index contributed by atoms with van der Waals surface area (Å²) in [4.78, 5) is 18.5. The van der Waals surface area contributed by atoms with E-state index in [-0.39, 0.29) is 12.3 Å². The molecule has 0 aromatic carbocycles. The first-order valence-electron chi connectivity index (χ1n) is 9.89. The highest BCUT2D eigenvalue weighted by atomic mass is 16.3. The number of carbonyl (C=O) groups is 1. The van der Waals surface area contributed by atoms with Crippen LogP contribution in [0, 0.1) is 0 Å². The fourth-order valence-corrected chi connectivity index (χ4v) is 4.06. The van der Waals surface area contributed by atoms with Crippen LogP contribution in [0.25, 0.3) is 0 Å². The molecule has 2 aliphatic heterocycles. The number of rotatable bonds is 6. The van der Waals surface area contributed by atoms with Crippen LogP contribution < -0.4 is 0 Å². The zero-order valence-electron chi connectivity index (χ0n) is 16.4. The molecule has 2 aliphatic rings. The Morgan fingerprint density at radius 1 is 1.31 bits per heavy atom. The molecule has 1 N–H and O–H groups in total. The number of likely N-dealkylation sites (tertiary alicyclic amines) is 1. The van der Waals surface area contributed by atoms with Gasteiger partial charge in [0.25, 0.3) is 0 Å². The van der Waals surface area contributed by atoms with E-state index >= 15 is 0 Å². The minimum absolute atomic E-state index is 0.0797. The largest absolute Gasteiger partial charge is 0.386 e. The summed E-state index contributed by atoms with van der Waals surface area (Å²) in [7, 11) is 3.41. The molecule has 3 rings (SSSR count). The van der Waals surface area contributed by atoms with E-state index in [9.17, 15) is 9.90 Å². The highest BCUT2D eigenvalue weighted by molar-refractivity contribution is 5.76. The summed E-state index contributed by atoms with van der Waals surface area (Å²) in [5.74, 6) is -0.0797. The van der Waals surface area contributed by atoms with Crippen LogP contribution in [-0.4, -0.2) is 81.8 Å². The fourth-order valence-electron chi connectivity index (χ4n) is 4.06. The van der Waals surface area contributed by atoms with Gasteiger partial charge in [-0.15, -0.1) is 0 Å². The molecular weight excluding hydrogens is 330 g/mol. The summed E-state index contributed by atoms with van der Waals surface area (Å²) in [6.45, 7) is 8.62. The molecule has 26 heavy (non-hydrogen) atoms. The van der Waals surface area contributed by atoms with E-state index in [0.717, 1.165) is 25.3 Å². The SMILES string of the molecule is CCCN1CCC(N2CCn3nc([C@H](O)CC(=O)N(C)C)cc3C2)CC1. The number of hydrogen-bond acceptors (Lipinski definition) is 5. The quantitative estimate of drug-likeness (QED) is 0.820. The van der Waals surface area contributed by atoms with Crippen LogP contribution in [0.3, 0.4) is 0 Å². The van der Waals surface area contributed by atoms with Crippen molar-refractivity contribution in [2.24, 2.45) is 0 Å². The Morgan fingerprint density at radius 3 is 2.69 bits per heavy atom. The Balaban J connectivity index is 1.57. The Morgan fingerprint density at radius 2 is 2.04 bits per heavy atom. The second-order valence-corrected chi connectivity index (χ2v) is 7.84. The second kappa shape index (κ2) is 8.50. The molecule has 1 atom stereocenters. The summed E-state index contributed by atoms with van der Waals surface area (Å²) in [6, 6.07) is 2.63. The average Bonchev–Trinajstić information content (AvgIpc) is 3.06. The van der Waals surface area contributed by atoms with Crippen LogP contribution in [0.1, 0.15) is 50.1 Å². The Kier molecular flexibility index (Phi) is 6.32. The lowest BCUT2D eigenvalue weighted by molar-refractivity contribution is -0.130. The van der Waals surface area contributed by atoms with Crippen molar-refractivity contribution >= 4 is 5.91 Å². The summed E-state index contributed by atoms with van der Waals surface area (Å²) < 4.78 is 2.00. The van der Waals surface area contributed by atoms with Gasteiger partial charge in [0.15, 0.2) is 0 Å². The highest BCUT2D eigenvalue weighted by Crippen LogP contribution is 2.25. The lowest BCUT2D eigenvalue weighted by Crippen LogP contribution is -2.47. The first-order chi connectivity index (χ1) is 12.5. The van der Waals surface area contributed by atoms with Crippen LogP contribution in [0.15, 0.2) is 6.07 Å². The monoisotopic (exact) mass is 363 g/mol. The summed E-state index contributed by atoms with van der Waals surface area (Å²) >= 11 is 0. The van der Waals surface area contributed by atoms with E-state index in [0.29, 0.717) is 11.7 Å². The molecule has 0 spiro atoms. The standard InChI is InChI=1S/C19H33N5O2/c1-4-7-22-8-5-15(6-9-22)23-10-11-24-16(14-23)12-17(20-24)18(25)13-19(26)21(2)3/h12,15,18,25H,4-11,13-14H2,1-3H3/t18-/m1/s1. The van der Waals surface area contributed by atoms with Gasteiger partial charge in [-0.05, 0) is 45.0 Å². The third-order valence-corrected chi connectivity index (χ3v) is 5.67. The van der Waals surface area contributed by atoms with Crippen molar-refractivity contribution < 1.29 is 9.90 Å². The van der Waals surface area contributed by atoms with Gasteiger partial charge in [0.2, 0.25) is 5.91 Å². The van der Waals surface area contributed by atoms with Gasteiger partial charge >= 0.3 is 0 Å². The molecule has 0 bridgehead atoms. The van der Waals surface area contributed by atoms with Crippen molar-refractivity contribution in [3.8, 4) is 0 Å². The van der Waals surface area contributed by atoms with Crippen LogP contribution in [-0.2, 0) is 17.9 Å².